The van der Waals surface area contributed by atoms with Crippen LogP contribution in [0, 0.1) is 0 Å². The number of anilines is 1. The number of aromatic amines is 1. The van der Waals surface area contributed by atoms with Crippen LogP contribution in [-0.2, 0) is 11.2 Å². The summed E-state index contributed by atoms with van der Waals surface area (Å²) in [7, 11) is 0. The van der Waals surface area contributed by atoms with Crippen LogP contribution < -0.4 is 10.6 Å². The molecule has 2 aliphatic heterocycles. The summed E-state index contributed by atoms with van der Waals surface area (Å²) in [5.74, 6) is 1.77. The lowest BCUT2D eigenvalue weighted by atomic mass is 10.1. The molecular weight excluding hydrogens is 242 g/mol. The molecule has 0 bridgehead atoms. The highest BCUT2D eigenvalue weighted by atomic mass is 16.5. The van der Waals surface area contributed by atoms with E-state index >= 15 is 0 Å². The molecule has 2 saturated heterocycles. The van der Waals surface area contributed by atoms with Crippen LogP contribution in [0.3, 0.4) is 0 Å². The van der Waals surface area contributed by atoms with Gasteiger partial charge in [0, 0.05) is 32.2 Å². The van der Waals surface area contributed by atoms with E-state index in [2.05, 4.69) is 20.1 Å². The van der Waals surface area contributed by atoms with Gasteiger partial charge in [-0.2, -0.15) is 4.98 Å². The van der Waals surface area contributed by atoms with Gasteiger partial charge in [0.25, 0.3) is 0 Å². The van der Waals surface area contributed by atoms with Crippen molar-refractivity contribution in [2.75, 3.05) is 24.6 Å². The van der Waals surface area contributed by atoms with Crippen LogP contribution >= 0.6 is 0 Å². The van der Waals surface area contributed by atoms with Crippen LogP contribution in [0.2, 0.25) is 0 Å². The number of aromatic nitrogens is 3. The van der Waals surface area contributed by atoms with Crippen LogP contribution in [-0.4, -0.2) is 47.0 Å². The molecule has 0 saturated carbocycles. The Hall–Kier alpha value is -1.14. The molecule has 3 rings (SSSR count). The van der Waals surface area contributed by atoms with E-state index in [1.54, 1.807) is 0 Å². The third-order valence-corrected chi connectivity index (χ3v) is 3.99. The van der Waals surface area contributed by atoms with E-state index in [1.807, 2.05) is 0 Å². The molecule has 1 aromatic rings. The first-order valence-electron chi connectivity index (χ1n) is 7.34. The minimum atomic E-state index is 0.252. The number of nitrogens with two attached hydrogens (primary N) is 1. The van der Waals surface area contributed by atoms with Gasteiger partial charge in [-0.15, -0.1) is 5.10 Å². The first-order chi connectivity index (χ1) is 9.31. The van der Waals surface area contributed by atoms with E-state index in [-0.39, 0.29) is 6.04 Å². The van der Waals surface area contributed by atoms with Crippen molar-refractivity contribution < 1.29 is 4.74 Å². The standard InChI is InChI=1S/C13H23N5O/c14-10-3-1-7-18(9-10)13-15-12(16-17-13)6-5-11-4-2-8-19-11/h10-11H,1-9,14H2,(H,15,16,17). The van der Waals surface area contributed by atoms with Gasteiger partial charge in [0.1, 0.15) is 5.82 Å². The summed E-state index contributed by atoms with van der Waals surface area (Å²) in [5, 5.41) is 7.36. The normalized spacial score (nSPS) is 27.9. The number of aryl methyl sites for hydroxylation is 1. The van der Waals surface area contributed by atoms with Gasteiger partial charge in [-0.25, -0.2) is 0 Å². The maximum Gasteiger partial charge on any atom is 0.244 e. The minimum absolute atomic E-state index is 0.252. The largest absolute Gasteiger partial charge is 0.378 e. The SMILES string of the molecule is NC1CCCN(c2n[nH]c(CCC3CCCO3)n2)C1. The lowest BCUT2D eigenvalue weighted by Gasteiger charge is -2.29. The van der Waals surface area contributed by atoms with Gasteiger partial charge in [-0.05, 0) is 32.1 Å². The highest BCUT2D eigenvalue weighted by Crippen LogP contribution is 2.18. The summed E-state index contributed by atoms with van der Waals surface area (Å²) in [5.41, 5.74) is 5.99. The van der Waals surface area contributed by atoms with Crippen molar-refractivity contribution in [2.24, 2.45) is 5.73 Å². The fourth-order valence-corrected chi connectivity index (χ4v) is 2.90. The lowest BCUT2D eigenvalue weighted by Crippen LogP contribution is -2.43. The summed E-state index contributed by atoms with van der Waals surface area (Å²) in [4.78, 5) is 6.76. The number of hydrogen-bond donors (Lipinski definition) is 2. The molecule has 0 spiro atoms. The van der Waals surface area contributed by atoms with Gasteiger partial charge in [-0.1, -0.05) is 0 Å². The molecule has 2 atom stereocenters. The predicted molar refractivity (Wildman–Crippen MR) is 73.1 cm³/mol. The monoisotopic (exact) mass is 265 g/mol. The molecule has 2 unspecified atom stereocenters. The number of piperidine rings is 1. The molecule has 0 aliphatic carbocycles. The Morgan fingerprint density at radius 2 is 2.32 bits per heavy atom. The molecule has 3 heterocycles. The topological polar surface area (TPSA) is 80.1 Å². The molecular formula is C13H23N5O. The fourth-order valence-electron chi connectivity index (χ4n) is 2.90. The Morgan fingerprint density at radius 3 is 3.11 bits per heavy atom. The van der Waals surface area contributed by atoms with Gasteiger partial charge >= 0.3 is 0 Å². The molecule has 19 heavy (non-hydrogen) atoms. The molecule has 2 fully saturated rings. The molecule has 6 nitrogen and oxygen atoms in total. The van der Waals surface area contributed by atoms with Gasteiger partial charge < -0.3 is 15.4 Å². The van der Waals surface area contributed by atoms with Crippen molar-refractivity contribution in [1.29, 1.82) is 0 Å². The zero-order valence-electron chi connectivity index (χ0n) is 11.3. The minimum Gasteiger partial charge on any atom is -0.378 e. The first-order valence-corrected chi connectivity index (χ1v) is 7.34. The van der Waals surface area contributed by atoms with Gasteiger partial charge in [0.2, 0.25) is 5.95 Å². The second-order valence-corrected chi connectivity index (χ2v) is 5.60. The van der Waals surface area contributed by atoms with E-state index in [1.165, 1.54) is 12.8 Å². The second-order valence-electron chi connectivity index (χ2n) is 5.60. The molecule has 1 aromatic heterocycles. The van der Waals surface area contributed by atoms with Gasteiger partial charge in [0.15, 0.2) is 0 Å². The smallest absolute Gasteiger partial charge is 0.244 e. The van der Waals surface area contributed by atoms with Crippen LogP contribution in [0.1, 0.15) is 37.9 Å². The average molecular weight is 265 g/mol. The Labute approximate surface area is 113 Å². The van der Waals surface area contributed by atoms with Crippen LogP contribution in [0.25, 0.3) is 0 Å². The molecule has 0 amide bonds. The van der Waals surface area contributed by atoms with Crippen molar-refractivity contribution in [2.45, 2.75) is 50.7 Å². The Balaban J connectivity index is 1.53. The lowest BCUT2D eigenvalue weighted by molar-refractivity contribution is 0.104. The van der Waals surface area contributed by atoms with Crippen LogP contribution in [0.15, 0.2) is 0 Å². The Bertz CT molecular complexity index is 401. The zero-order chi connectivity index (χ0) is 13.1. The summed E-state index contributed by atoms with van der Waals surface area (Å²) in [6.45, 7) is 2.79. The molecule has 106 valence electrons. The number of rotatable bonds is 4. The number of nitrogens with zero attached hydrogens (tertiary/aromatic N) is 3. The molecule has 2 aliphatic rings. The van der Waals surface area contributed by atoms with Crippen LogP contribution in [0.4, 0.5) is 5.95 Å². The highest BCUT2D eigenvalue weighted by molar-refractivity contribution is 5.29. The summed E-state index contributed by atoms with van der Waals surface area (Å²) < 4.78 is 5.62. The summed E-state index contributed by atoms with van der Waals surface area (Å²) in [6, 6.07) is 0.252. The van der Waals surface area contributed by atoms with E-state index in [9.17, 15) is 0 Å². The third kappa shape index (κ3) is 3.25. The van der Waals surface area contributed by atoms with E-state index < -0.39 is 0 Å². The van der Waals surface area contributed by atoms with Crippen LogP contribution in [0.5, 0.6) is 0 Å². The average Bonchev–Trinajstić information content (AvgIpc) is 3.08. The number of ether oxygens (including phenoxy) is 1. The van der Waals surface area contributed by atoms with Gasteiger partial charge in [0.05, 0.1) is 6.10 Å². The quantitative estimate of drug-likeness (QED) is 0.843. The Kier molecular flexibility index (Phi) is 3.98. The summed E-state index contributed by atoms with van der Waals surface area (Å²) >= 11 is 0. The van der Waals surface area contributed by atoms with E-state index in [0.29, 0.717) is 6.10 Å². The number of nitrogens with one attached hydrogen (secondary N) is 1. The van der Waals surface area contributed by atoms with Crippen molar-refractivity contribution in [3.63, 3.8) is 0 Å². The first kappa shape index (κ1) is 12.9. The van der Waals surface area contributed by atoms with Crippen molar-refractivity contribution in [3.8, 4) is 0 Å². The van der Waals surface area contributed by atoms with E-state index in [4.69, 9.17) is 10.5 Å². The molecule has 6 heteroatoms. The van der Waals surface area contributed by atoms with Crippen molar-refractivity contribution in [1.82, 2.24) is 15.2 Å². The fraction of sp³-hybridized carbons (Fsp3) is 0.846. The maximum atomic E-state index is 5.99. The highest BCUT2D eigenvalue weighted by Gasteiger charge is 2.21. The number of hydrogen-bond acceptors (Lipinski definition) is 5. The zero-order valence-corrected chi connectivity index (χ0v) is 11.3. The molecule has 3 N–H and O–H groups in total. The third-order valence-electron chi connectivity index (χ3n) is 3.99. The van der Waals surface area contributed by atoms with E-state index in [0.717, 1.165) is 57.2 Å². The van der Waals surface area contributed by atoms with Gasteiger partial charge in [-0.3, -0.25) is 5.10 Å². The molecule has 0 radical (unpaired) electrons. The van der Waals surface area contributed by atoms with Crippen molar-refractivity contribution in [3.05, 3.63) is 5.82 Å². The molecule has 0 aromatic carbocycles. The van der Waals surface area contributed by atoms with Crippen molar-refractivity contribution >= 4 is 5.95 Å². The second kappa shape index (κ2) is 5.88. The summed E-state index contributed by atoms with van der Waals surface area (Å²) in [6.07, 6.45) is 6.97. The predicted octanol–water partition coefficient (Wildman–Crippen LogP) is 0.844. The Morgan fingerprint density at radius 1 is 1.37 bits per heavy atom. The maximum absolute atomic E-state index is 5.99. The number of H-pyrrole nitrogens is 1.